The van der Waals surface area contributed by atoms with Gasteiger partial charge < -0.3 is 5.11 Å². The van der Waals surface area contributed by atoms with Gasteiger partial charge >= 0.3 is 5.97 Å². The molecule has 0 radical (unpaired) electrons. The molecule has 0 unspecified atom stereocenters. The smallest absolute Gasteiger partial charge is 0.354 e. The van der Waals surface area contributed by atoms with E-state index < -0.39 is 5.97 Å². The van der Waals surface area contributed by atoms with Crippen molar-refractivity contribution in [3.8, 4) is 0 Å². The van der Waals surface area contributed by atoms with E-state index in [4.69, 9.17) is 5.11 Å². The predicted molar refractivity (Wildman–Crippen MR) is 67.2 cm³/mol. The summed E-state index contributed by atoms with van der Waals surface area (Å²) in [6.45, 7) is 0. The molecule has 0 saturated carbocycles. The molecule has 2 rings (SSSR count). The van der Waals surface area contributed by atoms with Gasteiger partial charge in [-0.1, -0.05) is 6.07 Å². The van der Waals surface area contributed by atoms with Crippen molar-refractivity contribution in [3.63, 3.8) is 0 Å². The molecule has 0 aliphatic heterocycles. The fourth-order valence-corrected chi connectivity index (χ4v) is 2.17. The van der Waals surface area contributed by atoms with E-state index in [0.717, 1.165) is 4.90 Å². The summed E-state index contributed by atoms with van der Waals surface area (Å²) in [5, 5.41) is 8.81. The Morgan fingerprint density at radius 2 is 1.94 bits per heavy atom. The zero-order valence-corrected chi connectivity index (χ0v) is 10.2. The van der Waals surface area contributed by atoms with Crippen LogP contribution in [0.5, 0.6) is 0 Å². The highest BCUT2D eigenvalue weighted by atomic mass is 32.2. The molecule has 1 aromatic heterocycles. The van der Waals surface area contributed by atoms with Crippen molar-refractivity contribution < 1.29 is 14.3 Å². The predicted octanol–water partition coefficient (Wildman–Crippen LogP) is 3.21. The second kappa shape index (κ2) is 5.64. The van der Waals surface area contributed by atoms with Crippen molar-refractivity contribution >= 4 is 17.7 Å². The van der Waals surface area contributed by atoms with E-state index in [1.54, 1.807) is 24.3 Å². The van der Waals surface area contributed by atoms with Crippen LogP contribution in [0.15, 0.2) is 47.4 Å². The van der Waals surface area contributed by atoms with Crippen LogP contribution in [-0.4, -0.2) is 16.1 Å². The second-order valence-corrected chi connectivity index (χ2v) is 4.61. The van der Waals surface area contributed by atoms with Gasteiger partial charge in [0.15, 0.2) is 0 Å². The van der Waals surface area contributed by atoms with Crippen molar-refractivity contribution in [2.24, 2.45) is 0 Å². The SMILES string of the molecule is O=C(O)c1cccc(CSc2ccc(F)cc2)n1. The lowest BCUT2D eigenvalue weighted by Gasteiger charge is -2.02. The molecule has 1 N–H and O–H groups in total. The minimum Gasteiger partial charge on any atom is -0.477 e. The Bertz CT molecular complexity index is 557. The van der Waals surface area contributed by atoms with E-state index in [1.807, 2.05) is 0 Å². The Morgan fingerprint density at radius 3 is 2.61 bits per heavy atom. The Labute approximate surface area is 108 Å². The molecule has 0 aliphatic carbocycles. The van der Waals surface area contributed by atoms with E-state index in [1.165, 1.54) is 30.0 Å². The first-order valence-electron chi connectivity index (χ1n) is 5.23. The van der Waals surface area contributed by atoms with E-state index in [9.17, 15) is 9.18 Å². The van der Waals surface area contributed by atoms with Crippen LogP contribution in [-0.2, 0) is 5.75 Å². The summed E-state index contributed by atoms with van der Waals surface area (Å²) < 4.78 is 12.7. The Morgan fingerprint density at radius 1 is 1.22 bits per heavy atom. The number of halogens is 1. The summed E-state index contributed by atoms with van der Waals surface area (Å²) in [5.41, 5.74) is 0.719. The average Bonchev–Trinajstić information content (AvgIpc) is 2.38. The lowest BCUT2D eigenvalue weighted by molar-refractivity contribution is 0.0690. The maximum atomic E-state index is 12.7. The van der Waals surface area contributed by atoms with Gasteiger partial charge in [0, 0.05) is 10.6 Å². The fourth-order valence-electron chi connectivity index (χ4n) is 1.37. The summed E-state index contributed by atoms with van der Waals surface area (Å²) in [5.74, 6) is -0.763. The molecule has 3 nitrogen and oxygen atoms in total. The van der Waals surface area contributed by atoms with E-state index in [2.05, 4.69) is 4.98 Å². The van der Waals surface area contributed by atoms with Crippen LogP contribution in [0.1, 0.15) is 16.2 Å². The summed E-state index contributed by atoms with van der Waals surface area (Å²) in [6.07, 6.45) is 0. The first-order valence-corrected chi connectivity index (χ1v) is 6.21. The molecule has 1 heterocycles. The molecule has 2 aromatic rings. The molecular formula is C13H10FNO2S. The number of carboxylic acids is 1. The quantitative estimate of drug-likeness (QED) is 0.860. The Balaban J connectivity index is 2.04. The van der Waals surface area contributed by atoms with Gasteiger partial charge in [0.2, 0.25) is 0 Å². The molecule has 0 bridgehead atoms. The van der Waals surface area contributed by atoms with Gasteiger partial charge in [0.05, 0.1) is 5.69 Å². The van der Waals surface area contributed by atoms with Crippen LogP contribution in [0.3, 0.4) is 0 Å². The first-order chi connectivity index (χ1) is 8.65. The molecule has 5 heteroatoms. The first kappa shape index (κ1) is 12.6. The van der Waals surface area contributed by atoms with Crippen molar-refractivity contribution in [1.82, 2.24) is 4.98 Å². The summed E-state index contributed by atoms with van der Waals surface area (Å²) >= 11 is 1.48. The summed E-state index contributed by atoms with van der Waals surface area (Å²) in [6, 6.07) is 11.0. The number of carboxylic acid groups (broad SMARTS) is 1. The van der Waals surface area contributed by atoms with E-state index in [-0.39, 0.29) is 11.5 Å². The van der Waals surface area contributed by atoms with Gasteiger partial charge in [0.1, 0.15) is 11.5 Å². The second-order valence-electron chi connectivity index (χ2n) is 3.56. The molecule has 0 spiro atoms. The monoisotopic (exact) mass is 263 g/mol. The third-order valence-corrected chi connectivity index (χ3v) is 3.27. The number of hydrogen-bond donors (Lipinski definition) is 1. The zero-order chi connectivity index (χ0) is 13.0. The summed E-state index contributed by atoms with van der Waals surface area (Å²) in [7, 11) is 0. The normalized spacial score (nSPS) is 10.3. The molecule has 1 aromatic carbocycles. The third-order valence-electron chi connectivity index (χ3n) is 2.23. The molecule has 0 fully saturated rings. The largest absolute Gasteiger partial charge is 0.477 e. The highest BCUT2D eigenvalue weighted by Crippen LogP contribution is 2.22. The number of aromatic nitrogens is 1. The van der Waals surface area contributed by atoms with Crippen molar-refractivity contribution in [2.75, 3.05) is 0 Å². The Kier molecular flexibility index (Phi) is 3.94. The third kappa shape index (κ3) is 3.30. The molecule has 0 amide bonds. The zero-order valence-electron chi connectivity index (χ0n) is 9.34. The van der Waals surface area contributed by atoms with Crippen LogP contribution in [0.4, 0.5) is 4.39 Å². The highest BCUT2D eigenvalue weighted by molar-refractivity contribution is 7.98. The molecule has 0 atom stereocenters. The summed E-state index contributed by atoms with van der Waals surface area (Å²) in [4.78, 5) is 15.7. The van der Waals surface area contributed by atoms with Crippen LogP contribution in [0, 0.1) is 5.82 Å². The van der Waals surface area contributed by atoms with Gasteiger partial charge in [0.25, 0.3) is 0 Å². The number of thioether (sulfide) groups is 1. The number of aromatic carboxylic acids is 1. The van der Waals surface area contributed by atoms with Crippen LogP contribution in [0.25, 0.3) is 0 Å². The standard InChI is InChI=1S/C13H10FNO2S/c14-9-4-6-11(7-5-9)18-8-10-2-1-3-12(15-10)13(16)17/h1-7H,8H2,(H,16,17). The number of nitrogens with zero attached hydrogens (tertiary/aromatic N) is 1. The van der Waals surface area contributed by atoms with E-state index >= 15 is 0 Å². The maximum absolute atomic E-state index is 12.7. The maximum Gasteiger partial charge on any atom is 0.354 e. The molecule has 0 aliphatic rings. The minimum atomic E-state index is -1.04. The van der Waals surface area contributed by atoms with Gasteiger partial charge in [-0.05, 0) is 36.4 Å². The number of benzene rings is 1. The topological polar surface area (TPSA) is 50.2 Å². The molecule has 92 valence electrons. The molecule has 18 heavy (non-hydrogen) atoms. The number of hydrogen-bond acceptors (Lipinski definition) is 3. The average molecular weight is 263 g/mol. The number of rotatable bonds is 4. The van der Waals surface area contributed by atoms with Crippen molar-refractivity contribution in [2.45, 2.75) is 10.6 Å². The number of carbonyl (C=O) groups is 1. The van der Waals surface area contributed by atoms with Crippen molar-refractivity contribution in [1.29, 1.82) is 0 Å². The molecular weight excluding hydrogens is 253 g/mol. The highest BCUT2D eigenvalue weighted by Gasteiger charge is 2.05. The van der Waals surface area contributed by atoms with Crippen LogP contribution in [0.2, 0.25) is 0 Å². The van der Waals surface area contributed by atoms with Gasteiger partial charge in [-0.2, -0.15) is 0 Å². The fraction of sp³-hybridized carbons (Fsp3) is 0.0769. The molecule has 0 saturated heterocycles. The van der Waals surface area contributed by atoms with E-state index in [0.29, 0.717) is 11.4 Å². The lowest BCUT2D eigenvalue weighted by atomic mass is 10.3. The van der Waals surface area contributed by atoms with Crippen LogP contribution >= 0.6 is 11.8 Å². The van der Waals surface area contributed by atoms with Gasteiger partial charge in [-0.15, -0.1) is 11.8 Å². The number of pyridine rings is 1. The van der Waals surface area contributed by atoms with Crippen LogP contribution < -0.4 is 0 Å². The lowest BCUT2D eigenvalue weighted by Crippen LogP contribution is -2.01. The van der Waals surface area contributed by atoms with Gasteiger partial charge in [-0.3, -0.25) is 0 Å². The van der Waals surface area contributed by atoms with Gasteiger partial charge in [-0.25, -0.2) is 14.2 Å². The Hall–Kier alpha value is -1.88. The van der Waals surface area contributed by atoms with Crippen molar-refractivity contribution in [3.05, 3.63) is 59.7 Å². The minimum absolute atomic E-state index is 0.0345.